The van der Waals surface area contributed by atoms with Crippen LogP contribution in [0.5, 0.6) is 5.75 Å². The van der Waals surface area contributed by atoms with E-state index in [4.69, 9.17) is 4.74 Å². The number of ether oxygens (including phenoxy) is 2. The first kappa shape index (κ1) is 17.2. The minimum atomic E-state index is -1.11. The topological polar surface area (TPSA) is 128 Å². The van der Waals surface area contributed by atoms with Crippen molar-refractivity contribution in [3.05, 3.63) is 33.9 Å². The van der Waals surface area contributed by atoms with Gasteiger partial charge in [0.05, 0.1) is 17.6 Å². The monoisotopic (exact) mass is 337 g/mol. The van der Waals surface area contributed by atoms with Gasteiger partial charge in [-0.05, 0) is 19.1 Å². The molecule has 3 amide bonds. The average Bonchev–Trinajstić information content (AvgIpc) is 2.99. The highest BCUT2D eigenvalue weighted by molar-refractivity contribution is 5.98. The van der Waals surface area contributed by atoms with Crippen LogP contribution in [0.15, 0.2) is 18.2 Å². The second kappa shape index (κ2) is 6.94. The van der Waals surface area contributed by atoms with Crippen LogP contribution in [0.25, 0.3) is 0 Å². The number of nitrogens with one attached hydrogen (secondary N) is 1. The maximum atomic E-state index is 12.2. The van der Waals surface area contributed by atoms with E-state index in [9.17, 15) is 24.5 Å². The molecule has 1 aromatic rings. The minimum Gasteiger partial charge on any atom is -0.474 e. The normalized spacial score (nSPS) is 14.8. The quantitative estimate of drug-likeness (QED) is 0.476. The summed E-state index contributed by atoms with van der Waals surface area (Å²) >= 11 is 0. The Morgan fingerprint density at radius 1 is 1.42 bits per heavy atom. The Labute approximate surface area is 136 Å². The summed E-state index contributed by atoms with van der Waals surface area (Å²) in [6, 6.07) is 2.96. The van der Waals surface area contributed by atoms with Crippen LogP contribution < -0.4 is 10.1 Å². The molecule has 0 aromatic heterocycles. The number of benzene rings is 1. The number of nitro benzene ring substituents is 1. The van der Waals surface area contributed by atoms with Crippen molar-refractivity contribution in [2.75, 3.05) is 20.2 Å². The Balaban J connectivity index is 2.22. The summed E-state index contributed by atoms with van der Waals surface area (Å²) in [5.74, 6) is -1.54. The van der Waals surface area contributed by atoms with Gasteiger partial charge in [0.15, 0.2) is 11.9 Å². The third kappa shape index (κ3) is 3.42. The van der Waals surface area contributed by atoms with E-state index in [2.05, 4.69) is 10.1 Å². The zero-order valence-electron chi connectivity index (χ0n) is 13.0. The van der Waals surface area contributed by atoms with Gasteiger partial charge in [-0.25, -0.2) is 9.59 Å². The molecular formula is C14H15N3O7. The van der Waals surface area contributed by atoms with E-state index in [0.717, 1.165) is 18.1 Å². The predicted octanol–water partition coefficient (Wildman–Crippen LogP) is 0.701. The lowest BCUT2D eigenvalue weighted by molar-refractivity contribution is -0.386. The maximum absolute atomic E-state index is 12.2. The number of hydrogen-bond donors (Lipinski definition) is 1. The molecule has 128 valence electrons. The van der Waals surface area contributed by atoms with Gasteiger partial charge in [-0.3, -0.25) is 19.8 Å². The zero-order chi connectivity index (χ0) is 17.9. The van der Waals surface area contributed by atoms with Crippen LogP contribution in [0.3, 0.4) is 0 Å². The predicted molar refractivity (Wildman–Crippen MR) is 79.6 cm³/mol. The number of amides is 3. The lowest BCUT2D eigenvalue weighted by Gasteiger charge is -2.19. The first-order valence-corrected chi connectivity index (χ1v) is 6.97. The van der Waals surface area contributed by atoms with Gasteiger partial charge in [-0.1, -0.05) is 0 Å². The first-order valence-electron chi connectivity index (χ1n) is 6.97. The summed E-state index contributed by atoms with van der Waals surface area (Å²) in [4.78, 5) is 46.5. The molecule has 1 aliphatic heterocycles. The molecule has 0 unspecified atom stereocenters. The molecule has 10 heteroatoms. The first-order chi connectivity index (χ1) is 11.3. The smallest absolute Gasteiger partial charge is 0.338 e. The number of nitrogens with zero attached hydrogens (tertiary/aromatic N) is 2. The highest BCUT2D eigenvalue weighted by Gasteiger charge is 2.32. The molecule has 0 bridgehead atoms. The highest BCUT2D eigenvalue weighted by atomic mass is 16.6. The zero-order valence-corrected chi connectivity index (χ0v) is 13.0. The molecule has 0 radical (unpaired) electrons. The number of hydrogen-bond acceptors (Lipinski definition) is 7. The number of carbonyl (C=O) groups is 3. The number of esters is 1. The van der Waals surface area contributed by atoms with E-state index in [1.807, 2.05) is 0 Å². The molecule has 24 heavy (non-hydrogen) atoms. The Kier molecular flexibility index (Phi) is 4.97. The second-order valence-electron chi connectivity index (χ2n) is 4.91. The lowest BCUT2D eigenvalue weighted by atomic mass is 10.2. The Morgan fingerprint density at radius 2 is 2.12 bits per heavy atom. The number of carbonyl (C=O) groups excluding carboxylic acids is 3. The summed E-state index contributed by atoms with van der Waals surface area (Å²) < 4.78 is 9.83. The molecule has 0 aliphatic carbocycles. The van der Waals surface area contributed by atoms with E-state index in [-0.39, 0.29) is 17.9 Å². The minimum absolute atomic E-state index is 0.0190. The van der Waals surface area contributed by atoms with Gasteiger partial charge < -0.3 is 14.8 Å². The van der Waals surface area contributed by atoms with Crippen LogP contribution >= 0.6 is 0 Å². The summed E-state index contributed by atoms with van der Waals surface area (Å²) in [6.45, 7) is 1.92. The standard InChI is InChI=1S/C14H15N3O7/c1-8(12(18)16-6-5-15-14(16)20)24-11-4-3-9(13(19)23-2)7-10(11)17(21)22/h3-4,7-8H,5-6H2,1-2H3,(H,15,20)/t8-/m1/s1. The second-order valence-corrected chi connectivity index (χ2v) is 4.91. The molecule has 1 aromatic carbocycles. The summed E-state index contributed by atoms with van der Waals surface area (Å²) in [6.07, 6.45) is -1.11. The van der Waals surface area contributed by atoms with Gasteiger partial charge in [0.1, 0.15) is 0 Å². The van der Waals surface area contributed by atoms with E-state index in [1.165, 1.54) is 19.1 Å². The average molecular weight is 337 g/mol. The number of urea groups is 1. The van der Waals surface area contributed by atoms with Gasteiger partial charge in [0, 0.05) is 19.2 Å². The van der Waals surface area contributed by atoms with Crippen LogP contribution in [0.4, 0.5) is 10.5 Å². The molecule has 0 spiro atoms. The van der Waals surface area contributed by atoms with Crippen LogP contribution in [0, 0.1) is 10.1 Å². The summed E-state index contributed by atoms with van der Waals surface area (Å²) in [5, 5.41) is 13.6. The molecule has 1 heterocycles. The van der Waals surface area contributed by atoms with Crippen molar-refractivity contribution in [3.63, 3.8) is 0 Å². The molecule has 1 aliphatic rings. The summed E-state index contributed by atoms with van der Waals surface area (Å²) in [7, 11) is 1.15. The Bertz CT molecular complexity index is 704. The molecule has 1 saturated heterocycles. The van der Waals surface area contributed by atoms with Crippen LogP contribution in [-0.4, -0.2) is 54.0 Å². The van der Waals surface area contributed by atoms with Gasteiger partial charge in [0.25, 0.3) is 5.91 Å². The third-order valence-electron chi connectivity index (χ3n) is 3.35. The van der Waals surface area contributed by atoms with Crippen LogP contribution in [-0.2, 0) is 9.53 Å². The maximum Gasteiger partial charge on any atom is 0.338 e. The molecule has 10 nitrogen and oxygen atoms in total. The molecule has 1 N–H and O–H groups in total. The molecule has 1 fully saturated rings. The SMILES string of the molecule is COC(=O)c1ccc(O[C@H](C)C(=O)N2CCNC2=O)c([N+](=O)[O-])c1. The van der Waals surface area contributed by atoms with E-state index in [0.29, 0.717) is 6.54 Å². The van der Waals surface area contributed by atoms with E-state index < -0.39 is 34.6 Å². The Morgan fingerprint density at radius 3 is 2.67 bits per heavy atom. The van der Waals surface area contributed by atoms with Crippen LogP contribution in [0.2, 0.25) is 0 Å². The third-order valence-corrected chi connectivity index (χ3v) is 3.35. The fraction of sp³-hybridized carbons (Fsp3) is 0.357. The number of rotatable bonds is 5. The van der Waals surface area contributed by atoms with Crippen molar-refractivity contribution in [3.8, 4) is 5.75 Å². The molecule has 1 atom stereocenters. The van der Waals surface area contributed by atoms with Crippen molar-refractivity contribution >= 4 is 23.6 Å². The van der Waals surface area contributed by atoms with E-state index in [1.54, 1.807) is 0 Å². The van der Waals surface area contributed by atoms with E-state index >= 15 is 0 Å². The fourth-order valence-corrected chi connectivity index (χ4v) is 2.15. The van der Waals surface area contributed by atoms with Gasteiger partial charge >= 0.3 is 17.7 Å². The number of methoxy groups -OCH3 is 1. The van der Waals surface area contributed by atoms with Crippen molar-refractivity contribution in [1.29, 1.82) is 0 Å². The van der Waals surface area contributed by atoms with Crippen molar-refractivity contribution in [2.45, 2.75) is 13.0 Å². The van der Waals surface area contributed by atoms with Crippen LogP contribution in [0.1, 0.15) is 17.3 Å². The lowest BCUT2D eigenvalue weighted by Crippen LogP contribution is -2.42. The van der Waals surface area contributed by atoms with Crippen molar-refractivity contribution in [1.82, 2.24) is 10.2 Å². The van der Waals surface area contributed by atoms with Gasteiger partial charge in [-0.2, -0.15) is 0 Å². The number of imide groups is 1. The highest BCUT2D eigenvalue weighted by Crippen LogP contribution is 2.29. The Hall–Kier alpha value is -3.17. The van der Waals surface area contributed by atoms with Crippen molar-refractivity contribution in [2.24, 2.45) is 0 Å². The van der Waals surface area contributed by atoms with Gasteiger partial charge in [0.2, 0.25) is 0 Å². The molecule has 0 saturated carbocycles. The number of nitro groups is 1. The fourth-order valence-electron chi connectivity index (χ4n) is 2.15. The van der Waals surface area contributed by atoms with Gasteiger partial charge in [-0.15, -0.1) is 0 Å². The summed E-state index contributed by atoms with van der Waals surface area (Å²) in [5.41, 5.74) is -0.502. The van der Waals surface area contributed by atoms with Crippen molar-refractivity contribution < 1.29 is 28.8 Å². The largest absolute Gasteiger partial charge is 0.474 e. The molecular weight excluding hydrogens is 322 g/mol. The molecule has 2 rings (SSSR count).